The number of anilines is 9. The second kappa shape index (κ2) is 18.4. The summed E-state index contributed by atoms with van der Waals surface area (Å²) >= 11 is 0. The lowest BCUT2D eigenvalue weighted by Gasteiger charge is -2.47. The number of hydrogen-bond donors (Lipinski definition) is 0. The predicted molar refractivity (Wildman–Crippen MR) is 305 cm³/mol. The maximum Gasteiger partial charge on any atom is 0.187 e. The monoisotopic (exact) mass is 957 g/mol. The summed E-state index contributed by atoms with van der Waals surface area (Å²) in [5.74, 6) is 0. The molecule has 5 nitrogen and oxygen atoms in total. The lowest BCUT2D eigenvalue weighted by Crippen LogP contribution is -2.38. The number of nitriles is 1. The molecule has 0 bridgehead atoms. The summed E-state index contributed by atoms with van der Waals surface area (Å²) in [6.45, 7) is 7.86. The third-order valence-electron chi connectivity index (χ3n) is 15.2. The molecule has 5 heteroatoms. The van der Waals surface area contributed by atoms with E-state index in [9.17, 15) is 5.26 Å². The quantitative estimate of drug-likeness (QED) is 0.135. The first kappa shape index (κ1) is 44.7. The SMILES string of the molecule is [C-]#[N+]c1ccc(N(c2ccc(C#N)cc2)c2cc(N3c4ccccc4C(c4ccccc4)(c4ccccc4)c4ccccc43)cc(N3c4ccccc4C(c4ccccc4)(c4ccccc4)c4ccccc43)c2)cc1. The largest absolute Gasteiger partial charge is 0.310 e. The van der Waals surface area contributed by atoms with E-state index in [0.717, 1.165) is 73.4 Å². The van der Waals surface area contributed by atoms with Gasteiger partial charge in [0.15, 0.2) is 5.69 Å². The van der Waals surface area contributed by atoms with Gasteiger partial charge in [0.1, 0.15) is 0 Å². The van der Waals surface area contributed by atoms with E-state index >= 15 is 0 Å². The van der Waals surface area contributed by atoms with E-state index in [1.807, 2.05) is 48.5 Å². The van der Waals surface area contributed by atoms with Gasteiger partial charge in [-0.2, -0.15) is 5.26 Å². The van der Waals surface area contributed by atoms with Gasteiger partial charge >= 0.3 is 0 Å². The van der Waals surface area contributed by atoms with Gasteiger partial charge in [-0.25, -0.2) is 4.85 Å². The van der Waals surface area contributed by atoms with Crippen LogP contribution in [0.3, 0.4) is 0 Å². The molecular formula is C70H47N5. The molecule has 0 unspecified atom stereocenters. The minimum atomic E-state index is -0.658. The van der Waals surface area contributed by atoms with Crippen LogP contribution in [0.2, 0.25) is 0 Å². The standard InChI is InChI=1S/C70H47N5/c1-72-55-40-44-57(45-41-55)73(56-42-38-50(49-71)39-43-56)58-46-59(74-65-34-18-14-30-61(65)69(51-22-6-2-7-23-51,52-24-8-3-9-25-52)62-31-15-19-35-66(62)74)48-60(47-58)75-67-36-20-16-32-63(67)70(53-26-10-4-11-27-53,54-28-12-5-13-29-54)64-33-17-21-37-68(64)75/h2-48H. The zero-order chi connectivity index (χ0) is 50.3. The van der Waals surface area contributed by atoms with E-state index in [4.69, 9.17) is 6.57 Å². The molecule has 352 valence electrons. The van der Waals surface area contributed by atoms with Crippen LogP contribution < -0.4 is 14.7 Å². The number of hydrogen-bond acceptors (Lipinski definition) is 4. The predicted octanol–water partition coefficient (Wildman–Crippen LogP) is 17.9. The fourth-order valence-corrected chi connectivity index (χ4v) is 12.2. The molecule has 11 aromatic rings. The zero-order valence-electron chi connectivity index (χ0n) is 40.9. The topological polar surface area (TPSA) is 37.9 Å². The van der Waals surface area contributed by atoms with E-state index < -0.39 is 10.8 Å². The fraction of sp³-hybridized carbons (Fsp3) is 0.0286. The molecule has 2 aliphatic rings. The van der Waals surface area contributed by atoms with Crippen LogP contribution in [0, 0.1) is 17.9 Å². The second-order valence-electron chi connectivity index (χ2n) is 19.0. The van der Waals surface area contributed by atoms with Gasteiger partial charge in [0.05, 0.1) is 68.8 Å². The molecule has 0 atom stereocenters. The highest BCUT2D eigenvalue weighted by atomic mass is 15.2. The molecule has 0 aliphatic carbocycles. The summed E-state index contributed by atoms with van der Waals surface area (Å²) in [6, 6.07) is 104. The molecule has 0 saturated carbocycles. The van der Waals surface area contributed by atoms with Crippen LogP contribution in [0.4, 0.5) is 56.9 Å². The smallest absolute Gasteiger partial charge is 0.187 e. The van der Waals surface area contributed by atoms with Gasteiger partial charge in [0.25, 0.3) is 0 Å². The number of fused-ring (bicyclic) bond motifs is 4. The maximum absolute atomic E-state index is 10.0. The first-order valence-electron chi connectivity index (χ1n) is 25.3. The van der Waals surface area contributed by atoms with Crippen LogP contribution >= 0.6 is 0 Å². The van der Waals surface area contributed by atoms with E-state index in [1.54, 1.807) is 0 Å². The van der Waals surface area contributed by atoms with Crippen LogP contribution in [-0.4, -0.2) is 0 Å². The van der Waals surface area contributed by atoms with Crippen LogP contribution in [0.1, 0.15) is 50.1 Å². The number of rotatable bonds is 9. The highest BCUT2D eigenvalue weighted by Crippen LogP contribution is 2.61. The summed E-state index contributed by atoms with van der Waals surface area (Å²) in [5, 5.41) is 10.0. The van der Waals surface area contributed by atoms with Crippen molar-refractivity contribution in [2.75, 3.05) is 14.7 Å². The van der Waals surface area contributed by atoms with Crippen molar-refractivity contribution in [3.8, 4) is 6.07 Å². The van der Waals surface area contributed by atoms with Crippen molar-refractivity contribution in [3.63, 3.8) is 0 Å². The van der Waals surface area contributed by atoms with Gasteiger partial charge < -0.3 is 14.7 Å². The van der Waals surface area contributed by atoms with Crippen molar-refractivity contribution in [2.24, 2.45) is 0 Å². The van der Waals surface area contributed by atoms with Gasteiger partial charge in [0.2, 0.25) is 0 Å². The molecule has 2 aliphatic heterocycles. The molecule has 0 amide bonds. The molecule has 0 radical (unpaired) electrons. The van der Waals surface area contributed by atoms with E-state index in [-0.39, 0.29) is 0 Å². The summed E-state index contributed by atoms with van der Waals surface area (Å²) in [6.07, 6.45) is 0. The van der Waals surface area contributed by atoms with Crippen molar-refractivity contribution in [2.45, 2.75) is 10.8 Å². The van der Waals surface area contributed by atoms with Crippen LogP contribution in [0.25, 0.3) is 4.85 Å². The lowest BCUT2D eigenvalue weighted by molar-refractivity contribution is 0.730. The molecular weight excluding hydrogens is 911 g/mol. The lowest BCUT2D eigenvalue weighted by atomic mass is 9.62. The Kier molecular flexibility index (Phi) is 11.0. The minimum absolute atomic E-state index is 0.552. The molecule has 0 spiro atoms. The molecule has 13 rings (SSSR count). The summed E-state index contributed by atoms with van der Waals surface area (Å²) in [5.41, 5.74) is 18.0. The van der Waals surface area contributed by atoms with Crippen molar-refractivity contribution in [1.29, 1.82) is 5.26 Å². The Morgan fingerprint density at radius 3 is 0.973 bits per heavy atom. The Morgan fingerprint density at radius 2 is 0.653 bits per heavy atom. The fourth-order valence-electron chi connectivity index (χ4n) is 12.2. The molecule has 0 saturated heterocycles. The third-order valence-corrected chi connectivity index (χ3v) is 15.2. The van der Waals surface area contributed by atoms with E-state index in [1.165, 1.54) is 22.3 Å². The Hall–Kier alpha value is -10.2. The first-order chi connectivity index (χ1) is 37.1. The normalized spacial score (nSPS) is 13.5. The Bertz CT molecular complexity index is 3540. The molecule has 0 aromatic heterocycles. The van der Waals surface area contributed by atoms with Gasteiger partial charge in [0, 0.05) is 11.4 Å². The van der Waals surface area contributed by atoms with Crippen molar-refractivity contribution >= 4 is 56.9 Å². The summed E-state index contributed by atoms with van der Waals surface area (Å²) < 4.78 is 0. The zero-order valence-corrected chi connectivity index (χ0v) is 40.9. The average Bonchev–Trinajstić information content (AvgIpc) is 3.51. The highest BCUT2D eigenvalue weighted by molar-refractivity contribution is 5.96. The summed E-state index contributed by atoms with van der Waals surface area (Å²) in [7, 11) is 0. The average molecular weight is 958 g/mol. The van der Waals surface area contributed by atoms with Gasteiger partial charge in [-0.05, 0) is 123 Å². The van der Waals surface area contributed by atoms with Gasteiger partial charge in [-0.1, -0.05) is 206 Å². The van der Waals surface area contributed by atoms with Crippen LogP contribution in [0.15, 0.2) is 285 Å². The molecule has 0 N–H and O–H groups in total. The molecule has 11 aromatic carbocycles. The van der Waals surface area contributed by atoms with E-state index in [0.29, 0.717) is 11.3 Å². The maximum atomic E-state index is 10.0. The number of nitrogens with zero attached hydrogens (tertiary/aromatic N) is 5. The molecule has 0 fully saturated rings. The van der Waals surface area contributed by atoms with Crippen LogP contribution in [0.5, 0.6) is 0 Å². The molecule has 75 heavy (non-hydrogen) atoms. The number of para-hydroxylation sites is 4. The summed E-state index contributed by atoms with van der Waals surface area (Å²) in [4.78, 5) is 10.9. The Labute approximate surface area is 438 Å². The molecule has 2 heterocycles. The van der Waals surface area contributed by atoms with Gasteiger partial charge in [-0.15, -0.1) is 0 Å². The van der Waals surface area contributed by atoms with Crippen molar-refractivity contribution < 1.29 is 0 Å². The van der Waals surface area contributed by atoms with Crippen molar-refractivity contribution in [3.05, 3.63) is 347 Å². The Balaban J connectivity index is 1.13. The minimum Gasteiger partial charge on any atom is -0.310 e. The third kappa shape index (κ3) is 7.06. The highest BCUT2D eigenvalue weighted by Gasteiger charge is 2.48. The number of benzene rings is 11. The van der Waals surface area contributed by atoms with Crippen LogP contribution in [-0.2, 0) is 10.8 Å². The Morgan fingerprint density at radius 1 is 0.347 bits per heavy atom. The van der Waals surface area contributed by atoms with E-state index in [2.05, 4.69) is 262 Å². The van der Waals surface area contributed by atoms with Crippen molar-refractivity contribution in [1.82, 2.24) is 0 Å². The van der Waals surface area contributed by atoms with Gasteiger partial charge in [-0.3, -0.25) is 0 Å². The second-order valence-corrected chi connectivity index (χ2v) is 19.0. The first-order valence-corrected chi connectivity index (χ1v) is 25.3.